The number of aryl methyl sites for hydroxylation is 1. The summed E-state index contributed by atoms with van der Waals surface area (Å²) in [6.07, 6.45) is 0. The molecule has 0 aliphatic heterocycles. The van der Waals surface area contributed by atoms with Crippen LogP contribution in [-0.2, 0) is 0 Å². The number of thiazole rings is 1. The van der Waals surface area contributed by atoms with Crippen LogP contribution in [0.4, 0.5) is 5.13 Å². The zero-order valence-corrected chi connectivity index (χ0v) is 17.9. The Morgan fingerprint density at radius 3 is 2.63 bits per heavy atom. The lowest BCUT2D eigenvalue weighted by Gasteiger charge is -2.06. The largest absolute Gasteiger partial charge is 0.497 e. The monoisotopic (exact) mass is 432 g/mol. The van der Waals surface area contributed by atoms with Crippen molar-refractivity contribution in [2.75, 3.05) is 7.11 Å². The maximum atomic E-state index is 6.16. The summed E-state index contributed by atoms with van der Waals surface area (Å²) in [7, 11) is 1.65. The number of fused-ring (bicyclic) bond motifs is 2. The van der Waals surface area contributed by atoms with Crippen molar-refractivity contribution in [3.05, 3.63) is 82.7 Å². The van der Waals surface area contributed by atoms with Crippen LogP contribution in [0.1, 0.15) is 5.56 Å². The van der Waals surface area contributed by atoms with Gasteiger partial charge in [0.25, 0.3) is 0 Å². The summed E-state index contributed by atoms with van der Waals surface area (Å²) in [5.74, 6) is 1.45. The van der Waals surface area contributed by atoms with Crippen LogP contribution in [-0.4, -0.2) is 12.1 Å². The number of benzene rings is 3. The molecule has 4 nitrogen and oxygen atoms in total. The summed E-state index contributed by atoms with van der Waals surface area (Å²) < 4.78 is 12.7. The fourth-order valence-electron chi connectivity index (χ4n) is 3.29. The van der Waals surface area contributed by atoms with Gasteiger partial charge in [-0.3, -0.25) is 0 Å². The third-order valence-electron chi connectivity index (χ3n) is 4.83. The molecule has 5 aromatic rings. The highest BCUT2D eigenvalue weighted by Gasteiger charge is 2.09. The molecule has 0 radical (unpaired) electrons. The molecule has 2 heterocycles. The maximum Gasteiger partial charge on any atom is 0.210 e. The number of hydrogen-bond donors (Lipinski definition) is 0. The topological polar surface area (TPSA) is 47.6 Å². The van der Waals surface area contributed by atoms with Gasteiger partial charge in [0.05, 0.1) is 22.7 Å². The molecule has 0 unspecified atom stereocenters. The Morgan fingerprint density at radius 2 is 1.83 bits per heavy atom. The summed E-state index contributed by atoms with van der Waals surface area (Å²) in [5, 5.41) is 3.02. The Bertz CT molecular complexity index is 1450. The van der Waals surface area contributed by atoms with Gasteiger partial charge in [-0.15, -0.1) is 0 Å². The molecule has 3 aromatic carbocycles. The summed E-state index contributed by atoms with van der Waals surface area (Å²) in [6.45, 7) is 2.08. The summed E-state index contributed by atoms with van der Waals surface area (Å²) in [6, 6.07) is 21.4. The van der Waals surface area contributed by atoms with Crippen LogP contribution in [0.25, 0.3) is 32.5 Å². The van der Waals surface area contributed by atoms with Crippen LogP contribution in [0.5, 0.6) is 5.75 Å². The van der Waals surface area contributed by atoms with Crippen LogP contribution in [0.15, 0.2) is 76.1 Å². The lowest BCUT2D eigenvalue weighted by Crippen LogP contribution is -2.03. The first-order valence-electron chi connectivity index (χ1n) is 9.39. The number of ether oxygens (including phenoxy) is 1. The quantitative estimate of drug-likeness (QED) is 0.311. The Balaban J connectivity index is 1.76. The predicted molar refractivity (Wildman–Crippen MR) is 123 cm³/mol. The molecule has 0 atom stereocenters. The number of aromatic nitrogens is 1. The van der Waals surface area contributed by atoms with Crippen molar-refractivity contribution in [3.8, 4) is 17.1 Å². The highest BCUT2D eigenvalue weighted by molar-refractivity contribution is 7.21. The first-order chi connectivity index (χ1) is 14.6. The molecule has 0 saturated carbocycles. The van der Waals surface area contributed by atoms with E-state index >= 15 is 0 Å². The van der Waals surface area contributed by atoms with E-state index in [1.807, 2.05) is 54.6 Å². The molecular formula is C24H17ClN2O2S. The van der Waals surface area contributed by atoms with Crippen molar-refractivity contribution in [2.24, 2.45) is 4.99 Å². The van der Waals surface area contributed by atoms with Gasteiger partial charge in [-0.1, -0.05) is 29.0 Å². The minimum absolute atomic E-state index is 0.680. The molecule has 148 valence electrons. The third kappa shape index (κ3) is 3.58. The molecule has 0 spiro atoms. The van der Waals surface area contributed by atoms with E-state index < -0.39 is 0 Å². The second kappa shape index (κ2) is 7.59. The molecule has 0 bridgehead atoms. The highest BCUT2D eigenvalue weighted by atomic mass is 35.5. The van der Waals surface area contributed by atoms with Crippen molar-refractivity contribution in [1.82, 2.24) is 4.98 Å². The SMILES string of the molecule is COc1ccc2oc(-c3ccc(Cl)cc3)cc(=Nc3nc4ccc(C)cc4s3)c2c1. The second-order valence-corrected chi connectivity index (χ2v) is 8.39. The molecule has 0 aliphatic carbocycles. The van der Waals surface area contributed by atoms with Crippen LogP contribution in [0.2, 0.25) is 5.02 Å². The van der Waals surface area contributed by atoms with E-state index in [0.29, 0.717) is 15.9 Å². The zero-order valence-electron chi connectivity index (χ0n) is 16.3. The van der Waals surface area contributed by atoms with Crippen molar-refractivity contribution < 1.29 is 9.15 Å². The molecule has 2 aromatic heterocycles. The maximum absolute atomic E-state index is 6.16. The van der Waals surface area contributed by atoms with Gasteiger partial charge < -0.3 is 9.15 Å². The van der Waals surface area contributed by atoms with Crippen molar-refractivity contribution in [1.29, 1.82) is 0 Å². The fourth-order valence-corrected chi connectivity index (χ4v) is 4.37. The second-order valence-electron chi connectivity index (χ2n) is 6.94. The summed E-state index contributed by atoms with van der Waals surface area (Å²) in [4.78, 5) is 9.57. The number of hydrogen-bond acceptors (Lipinski definition) is 5. The lowest BCUT2D eigenvalue weighted by molar-refractivity contribution is 0.415. The average molecular weight is 433 g/mol. The summed E-state index contributed by atoms with van der Waals surface area (Å²) >= 11 is 7.62. The van der Waals surface area contributed by atoms with Gasteiger partial charge >= 0.3 is 0 Å². The molecule has 0 amide bonds. The van der Waals surface area contributed by atoms with E-state index in [9.17, 15) is 0 Å². The van der Waals surface area contributed by atoms with E-state index in [1.54, 1.807) is 18.4 Å². The van der Waals surface area contributed by atoms with Crippen molar-refractivity contribution >= 4 is 49.3 Å². The van der Waals surface area contributed by atoms with E-state index in [-0.39, 0.29) is 0 Å². The molecule has 6 heteroatoms. The van der Waals surface area contributed by atoms with Gasteiger partial charge in [0, 0.05) is 22.0 Å². The number of halogens is 1. The van der Waals surface area contributed by atoms with Gasteiger partial charge in [-0.25, -0.2) is 9.98 Å². The Labute approximate surface area is 182 Å². The van der Waals surface area contributed by atoms with Crippen LogP contribution < -0.4 is 10.1 Å². The standard InChI is InChI=1S/C24H17ClN2O2S/c1-14-3-9-19-23(11-14)30-24(26-19)27-20-13-22(15-4-6-16(25)7-5-15)29-21-10-8-17(28-2)12-18(20)21/h3-13H,1-2H3. The molecule has 0 saturated heterocycles. The first kappa shape index (κ1) is 18.9. The van der Waals surface area contributed by atoms with Gasteiger partial charge in [0.15, 0.2) is 0 Å². The molecule has 30 heavy (non-hydrogen) atoms. The summed E-state index contributed by atoms with van der Waals surface area (Å²) in [5.41, 5.74) is 3.80. The minimum atomic E-state index is 0.680. The molecule has 0 N–H and O–H groups in total. The first-order valence-corrected chi connectivity index (χ1v) is 10.6. The number of rotatable bonds is 3. The van der Waals surface area contributed by atoms with E-state index in [1.165, 1.54) is 5.56 Å². The molecular weight excluding hydrogens is 416 g/mol. The normalized spacial score (nSPS) is 12.0. The van der Waals surface area contributed by atoms with Crippen LogP contribution in [0.3, 0.4) is 0 Å². The van der Waals surface area contributed by atoms with Gasteiger partial charge in [-0.2, -0.15) is 0 Å². The third-order valence-corrected chi connectivity index (χ3v) is 5.99. The highest BCUT2D eigenvalue weighted by Crippen LogP contribution is 2.30. The number of methoxy groups -OCH3 is 1. The molecule has 5 rings (SSSR count). The van der Waals surface area contributed by atoms with E-state index in [2.05, 4.69) is 24.0 Å². The van der Waals surface area contributed by atoms with Crippen LogP contribution in [0, 0.1) is 6.92 Å². The van der Waals surface area contributed by atoms with E-state index in [4.69, 9.17) is 25.7 Å². The Kier molecular flexibility index (Phi) is 4.77. The van der Waals surface area contributed by atoms with Crippen LogP contribution >= 0.6 is 22.9 Å². The lowest BCUT2D eigenvalue weighted by atomic mass is 10.1. The number of nitrogens with zero attached hydrogens (tertiary/aromatic N) is 2. The Morgan fingerprint density at radius 1 is 1.00 bits per heavy atom. The van der Waals surface area contributed by atoms with Gasteiger partial charge in [-0.05, 0) is 67.1 Å². The zero-order chi connectivity index (χ0) is 20.7. The van der Waals surface area contributed by atoms with Gasteiger partial charge in [0.2, 0.25) is 5.13 Å². The van der Waals surface area contributed by atoms with Crippen molar-refractivity contribution in [3.63, 3.8) is 0 Å². The smallest absolute Gasteiger partial charge is 0.210 e. The predicted octanol–water partition coefficient (Wildman–Crippen LogP) is 6.91. The molecule has 0 aliphatic rings. The van der Waals surface area contributed by atoms with Gasteiger partial charge in [0.1, 0.15) is 17.1 Å². The average Bonchev–Trinajstić information content (AvgIpc) is 3.15. The molecule has 0 fully saturated rings. The fraction of sp³-hybridized carbons (Fsp3) is 0.0833. The van der Waals surface area contributed by atoms with E-state index in [0.717, 1.165) is 37.9 Å². The van der Waals surface area contributed by atoms with Crippen molar-refractivity contribution in [2.45, 2.75) is 6.92 Å². The minimum Gasteiger partial charge on any atom is -0.497 e. The Hall–Kier alpha value is -3.15.